The second-order valence-electron chi connectivity index (χ2n) is 8.85. The van der Waals surface area contributed by atoms with Gasteiger partial charge in [-0.25, -0.2) is 0 Å². The number of allylic oxidation sites excluding steroid dienone is 4. The van der Waals surface area contributed by atoms with Gasteiger partial charge in [0, 0.05) is 21.3 Å². The van der Waals surface area contributed by atoms with Gasteiger partial charge in [-0.2, -0.15) is 0 Å². The molecule has 0 radical (unpaired) electrons. The summed E-state index contributed by atoms with van der Waals surface area (Å²) in [5.74, 6) is 0. The molecular formula is C26H50O3Si. The minimum absolute atomic E-state index is 0.262. The Bertz CT molecular complexity index is 449. The smallest absolute Gasteiger partial charge is 0.376 e. The number of rotatable bonds is 21. The zero-order chi connectivity index (χ0) is 21.9. The molecule has 1 atom stereocenters. The number of unbranched alkanes of at least 4 members (excludes halogenated alkanes) is 14. The summed E-state index contributed by atoms with van der Waals surface area (Å²) in [6.45, 7) is 2.29. The molecule has 0 aromatic heterocycles. The van der Waals surface area contributed by atoms with E-state index < -0.39 is 8.80 Å². The largest absolute Gasteiger partial charge is 0.508 e. The molecule has 176 valence electrons. The van der Waals surface area contributed by atoms with Gasteiger partial charge in [0.1, 0.15) is 0 Å². The van der Waals surface area contributed by atoms with Crippen molar-refractivity contribution in [3.63, 3.8) is 0 Å². The molecule has 1 unspecified atom stereocenters. The van der Waals surface area contributed by atoms with Crippen LogP contribution in [0.25, 0.3) is 0 Å². The van der Waals surface area contributed by atoms with Crippen LogP contribution in [0, 0.1) is 0 Å². The Hall–Kier alpha value is -0.423. The van der Waals surface area contributed by atoms with Crippen molar-refractivity contribution in [1.82, 2.24) is 0 Å². The number of hydrogen-bond acceptors (Lipinski definition) is 3. The molecule has 0 spiro atoms. The van der Waals surface area contributed by atoms with E-state index in [-0.39, 0.29) is 5.54 Å². The standard InChI is InChI=1S/C26H50O3Si/c1-5-6-7-8-9-10-11-12-13-14-15-16-17-18-19-24-26(25-22-20-21-23-25)30(27-2,28-3)29-4/h20,22-23,26H,5-19,21,24H2,1-4H3. The molecule has 0 amide bonds. The van der Waals surface area contributed by atoms with Crippen LogP contribution in [-0.2, 0) is 13.3 Å². The first-order valence-corrected chi connectivity index (χ1v) is 14.6. The van der Waals surface area contributed by atoms with Gasteiger partial charge in [-0.05, 0) is 18.4 Å². The fourth-order valence-electron chi connectivity index (χ4n) is 4.68. The SMILES string of the molecule is CCCCCCCCCCCCCCCCCC(C1=CCC=C1)[Si](OC)(OC)OC. The first-order chi connectivity index (χ1) is 14.7. The van der Waals surface area contributed by atoms with Crippen molar-refractivity contribution in [2.24, 2.45) is 0 Å². The van der Waals surface area contributed by atoms with Gasteiger partial charge in [0.15, 0.2) is 0 Å². The second-order valence-corrected chi connectivity index (χ2v) is 12.0. The zero-order valence-electron chi connectivity index (χ0n) is 20.6. The van der Waals surface area contributed by atoms with Gasteiger partial charge >= 0.3 is 8.80 Å². The molecule has 3 nitrogen and oxygen atoms in total. The van der Waals surface area contributed by atoms with Crippen molar-refractivity contribution in [1.29, 1.82) is 0 Å². The molecule has 1 aliphatic rings. The van der Waals surface area contributed by atoms with Crippen LogP contribution in [0.2, 0.25) is 5.54 Å². The maximum atomic E-state index is 5.81. The quantitative estimate of drug-likeness (QED) is 0.133. The van der Waals surface area contributed by atoms with E-state index in [0.29, 0.717) is 0 Å². The molecule has 1 aliphatic carbocycles. The van der Waals surface area contributed by atoms with E-state index in [0.717, 1.165) is 12.8 Å². The Balaban J connectivity index is 2.08. The normalized spacial score (nSPS) is 15.0. The van der Waals surface area contributed by atoms with Crippen LogP contribution in [0.3, 0.4) is 0 Å². The van der Waals surface area contributed by atoms with Gasteiger partial charge in [-0.3, -0.25) is 0 Å². The van der Waals surface area contributed by atoms with Gasteiger partial charge in [0.05, 0.1) is 5.54 Å². The molecule has 0 bridgehead atoms. The van der Waals surface area contributed by atoms with Crippen LogP contribution in [0.4, 0.5) is 0 Å². The lowest BCUT2D eigenvalue weighted by Crippen LogP contribution is -2.48. The lowest BCUT2D eigenvalue weighted by molar-refractivity contribution is 0.114. The summed E-state index contributed by atoms with van der Waals surface area (Å²) in [5.41, 5.74) is 1.61. The number of hydrogen-bond donors (Lipinski definition) is 0. The highest BCUT2D eigenvalue weighted by molar-refractivity contribution is 6.63. The second kappa shape index (κ2) is 18.2. The van der Waals surface area contributed by atoms with Crippen molar-refractivity contribution >= 4 is 8.80 Å². The summed E-state index contributed by atoms with van der Waals surface area (Å²) in [7, 11) is 2.56. The predicted molar refractivity (Wildman–Crippen MR) is 132 cm³/mol. The Kier molecular flexibility index (Phi) is 16.7. The fraction of sp³-hybridized carbons (Fsp3) is 0.846. The van der Waals surface area contributed by atoms with Crippen molar-refractivity contribution in [2.75, 3.05) is 21.3 Å². The summed E-state index contributed by atoms with van der Waals surface area (Å²) in [6.07, 6.45) is 29.8. The first kappa shape index (κ1) is 27.6. The summed E-state index contributed by atoms with van der Waals surface area (Å²) in [6, 6.07) is 0. The Morgan fingerprint density at radius 2 is 1.13 bits per heavy atom. The van der Waals surface area contributed by atoms with Gasteiger partial charge in [-0.15, -0.1) is 0 Å². The zero-order valence-corrected chi connectivity index (χ0v) is 21.6. The van der Waals surface area contributed by atoms with E-state index in [9.17, 15) is 0 Å². The summed E-state index contributed by atoms with van der Waals surface area (Å²) < 4.78 is 17.4. The maximum Gasteiger partial charge on any atom is 0.508 e. The highest BCUT2D eigenvalue weighted by atomic mass is 28.4. The van der Waals surface area contributed by atoms with Crippen LogP contribution < -0.4 is 0 Å². The van der Waals surface area contributed by atoms with Gasteiger partial charge < -0.3 is 13.3 Å². The van der Waals surface area contributed by atoms with Crippen molar-refractivity contribution < 1.29 is 13.3 Å². The maximum absolute atomic E-state index is 5.81. The van der Waals surface area contributed by atoms with Crippen molar-refractivity contribution in [3.05, 3.63) is 23.8 Å². The molecule has 0 saturated carbocycles. The Labute approximate surface area is 189 Å². The van der Waals surface area contributed by atoms with Crippen LogP contribution in [-0.4, -0.2) is 30.1 Å². The van der Waals surface area contributed by atoms with Gasteiger partial charge in [0.25, 0.3) is 0 Å². The molecule has 0 heterocycles. The van der Waals surface area contributed by atoms with Gasteiger partial charge in [-0.1, -0.05) is 121 Å². The third-order valence-electron chi connectivity index (χ3n) is 6.58. The van der Waals surface area contributed by atoms with Crippen molar-refractivity contribution in [2.45, 2.75) is 122 Å². The Morgan fingerprint density at radius 1 is 0.700 bits per heavy atom. The monoisotopic (exact) mass is 438 g/mol. The van der Waals surface area contributed by atoms with E-state index in [1.807, 2.05) is 0 Å². The minimum atomic E-state index is -2.64. The van der Waals surface area contributed by atoms with Crippen LogP contribution in [0.5, 0.6) is 0 Å². The topological polar surface area (TPSA) is 27.7 Å². The summed E-state index contributed by atoms with van der Waals surface area (Å²) in [4.78, 5) is 0. The average molecular weight is 439 g/mol. The van der Waals surface area contributed by atoms with Crippen LogP contribution >= 0.6 is 0 Å². The molecule has 0 saturated heterocycles. The molecule has 4 heteroatoms. The fourth-order valence-corrected chi connectivity index (χ4v) is 7.21. The van der Waals surface area contributed by atoms with E-state index >= 15 is 0 Å². The predicted octanol–water partition coefficient (Wildman–Crippen LogP) is 8.38. The molecular weight excluding hydrogens is 388 g/mol. The van der Waals surface area contributed by atoms with E-state index in [1.165, 1.54) is 102 Å². The highest BCUT2D eigenvalue weighted by Crippen LogP contribution is 2.38. The molecule has 0 N–H and O–H groups in total. The summed E-state index contributed by atoms with van der Waals surface area (Å²) in [5, 5.41) is 0. The van der Waals surface area contributed by atoms with Crippen LogP contribution in [0.1, 0.15) is 116 Å². The van der Waals surface area contributed by atoms with Crippen LogP contribution in [0.15, 0.2) is 23.8 Å². The van der Waals surface area contributed by atoms with Gasteiger partial charge in [0.2, 0.25) is 0 Å². The molecule has 30 heavy (non-hydrogen) atoms. The third kappa shape index (κ3) is 10.7. The van der Waals surface area contributed by atoms with E-state index in [1.54, 1.807) is 21.3 Å². The lowest BCUT2D eigenvalue weighted by atomic mass is 10.0. The Morgan fingerprint density at radius 3 is 1.50 bits per heavy atom. The van der Waals surface area contributed by atoms with Crippen molar-refractivity contribution in [3.8, 4) is 0 Å². The minimum Gasteiger partial charge on any atom is -0.376 e. The highest BCUT2D eigenvalue weighted by Gasteiger charge is 2.48. The first-order valence-electron chi connectivity index (χ1n) is 12.8. The lowest BCUT2D eigenvalue weighted by Gasteiger charge is -2.33. The molecule has 1 rings (SSSR count). The van der Waals surface area contributed by atoms with E-state index in [4.69, 9.17) is 13.3 Å². The molecule has 0 fully saturated rings. The molecule has 0 aromatic rings. The molecule has 0 aromatic carbocycles. The summed E-state index contributed by atoms with van der Waals surface area (Å²) >= 11 is 0. The third-order valence-corrected chi connectivity index (χ3v) is 9.76. The molecule has 0 aliphatic heterocycles. The van der Waals surface area contributed by atoms with E-state index in [2.05, 4.69) is 25.2 Å². The average Bonchev–Trinajstić information content (AvgIpc) is 3.30.